The van der Waals surface area contributed by atoms with E-state index in [1.807, 2.05) is 18.2 Å². The van der Waals surface area contributed by atoms with Gasteiger partial charge in [-0.05, 0) is 19.1 Å². The van der Waals surface area contributed by atoms with Crippen LogP contribution in [0.4, 0.5) is 0 Å². The summed E-state index contributed by atoms with van der Waals surface area (Å²) < 4.78 is 5.50. The molecule has 1 aromatic rings. The monoisotopic (exact) mass is 253 g/mol. The van der Waals surface area contributed by atoms with E-state index in [4.69, 9.17) is 14.9 Å². The number of carbonyl (C=O) groups excluding carboxylic acids is 1. The topological polar surface area (TPSA) is 70.0 Å². The highest BCUT2D eigenvalue weighted by molar-refractivity contribution is 5.80. The highest BCUT2D eigenvalue weighted by Crippen LogP contribution is 2.11. The van der Waals surface area contributed by atoms with Crippen LogP contribution in [0, 0.1) is 0 Å². The highest BCUT2D eigenvalue weighted by Gasteiger charge is 2.21. The van der Waals surface area contributed by atoms with Crippen LogP contribution in [-0.2, 0) is 4.79 Å². The summed E-state index contributed by atoms with van der Waals surface area (Å²) in [5, 5.41) is 17.7. The van der Waals surface area contributed by atoms with E-state index in [-0.39, 0.29) is 32.2 Å². The van der Waals surface area contributed by atoms with E-state index in [9.17, 15) is 4.79 Å². The van der Waals surface area contributed by atoms with Gasteiger partial charge < -0.3 is 19.8 Å². The first-order chi connectivity index (χ1) is 8.69. The summed E-state index contributed by atoms with van der Waals surface area (Å²) in [7, 11) is 0. The lowest BCUT2D eigenvalue weighted by Crippen LogP contribution is -2.43. The van der Waals surface area contributed by atoms with Crippen LogP contribution < -0.4 is 4.74 Å². The van der Waals surface area contributed by atoms with Gasteiger partial charge in [0.2, 0.25) is 0 Å². The molecule has 18 heavy (non-hydrogen) atoms. The summed E-state index contributed by atoms with van der Waals surface area (Å²) in [6.07, 6.45) is -0.648. The number of aliphatic hydroxyl groups excluding tert-OH is 2. The maximum absolute atomic E-state index is 12.0. The third-order valence-electron chi connectivity index (χ3n) is 2.46. The van der Waals surface area contributed by atoms with Crippen molar-refractivity contribution in [2.24, 2.45) is 0 Å². The lowest BCUT2D eigenvalue weighted by Gasteiger charge is -2.24. The Balaban J connectivity index is 2.58. The van der Waals surface area contributed by atoms with E-state index >= 15 is 0 Å². The molecule has 1 atom stereocenters. The van der Waals surface area contributed by atoms with Crippen LogP contribution in [0.1, 0.15) is 6.92 Å². The fourth-order valence-electron chi connectivity index (χ4n) is 1.58. The second-order valence-corrected chi connectivity index (χ2v) is 3.85. The van der Waals surface area contributed by atoms with Crippen LogP contribution in [0.2, 0.25) is 0 Å². The zero-order valence-electron chi connectivity index (χ0n) is 10.5. The number of nitrogens with zero attached hydrogens (tertiary/aromatic N) is 1. The molecule has 0 saturated heterocycles. The third kappa shape index (κ3) is 4.35. The van der Waals surface area contributed by atoms with Gasteiger partial charge in [0.05, 0.1) is 13.2 Å². The molecule has 0 aliphatic heterocycles. The van der Waals surface area contributed by atoms with E-state index < -0.39 is 6.10 Å². The van der Waals surface area contributed by atoms with Gasteiger partial charge in [-0.1, -0.05) is 18.2 Å². The van der Waals surface area contributed by atoms with Crippen molar-refractivity contribution in [1.29, 1.82) is 0 Å². The molecule has 0 aliphatic rings. The Bertz CT molecular complexity index is 349. The standard InChI is InChI=1S/C13H19NO4/c1-11(18-12-5-3-2-4-6-12)13(17)14(7-9-15)8-10-16/h2-6,11,15-16H,7-10H2,1H3. The smallest absolute Gasteiger partial charge is 0.263 e. The zero-order valence-corrected chi connectivity index (χ0v) is 10.5. The SMILES string of the molecule is CC(Oc1ccccc1)C(=O)N(CCO)CCO. The van der Waals surface area contributed by atoms with Crippen LogP contribution in [0.5, 0.6) is 5.75 Å². The first-order valence-corrected chi connectivity index (χ1v) is 5.91. The fourth-order valence-corrected chi connectivity index (χ4v) is 1.58. The van der Waals surface area contributed by atoms with E-state index in [1.54, 1.807) is 19.1 Å². The molecule has 1 aromatic carbocycles. The van der Waals surface area contributed by atoms with Gasteiger partial charge in [-0.15, -0.1) is 0 Å². The van der Waals surface area contributed by atoms with Crippen molar-refractivity contribution in [2.45, 2.75) is 13.0 Å². The normalized spacial score (nSPS) is 11.9. The van der Waals surface area contributed by atoms with Gasteiger partial charge in [0.25, 0.3) is 5.91 Å². The number of benzene rings is 1. The maximum atomic E-state index is 12.0. The van der Waals surface area contributed by atoms with Crippen LogP contribution >= 0.6 is 0 Å². The molecule has 100 valence electrons. The molecule has 5 nitrogen and oxygen atoms in total. The maximum Gasteiger partial charge on any atom is 0.263 e. The molecule has 5 heteroatoms. The van der Waals surface area contributed by atoms with Crippen LogP contribution in [0.3, 0.4) is 0 Å². The average molecular weight is 253 g/mol. The minimum absolute atomic E-state index is 0.135. The Kier molecular flexibility index (Phi) is 6.18. The lowest BCUT2D eigenvalue weighted by atomic mass is 10.3. The molecular formula is C13H19NO4. The number of carbonyl (C=O) groups is 1. The second kappa shape index (κ2) is 7.68. The highest BCUT2D eigenvalue weighted by atomic mass is 16.5. The summed E-state index contributed by atoms with van der Waals surface area (Å²) in [6, 6.07) is 9.05. The third-order valence-corrected chi connectivity index (χ3v) is 2.46. The van der Waals surface area contributed by atoms with Crippen molar-refractivity contribution in [2.75, 3.05) is 26.3 Å². The Morgan fingerprint density at radius 2 is 1.78 bits per heavy atom. The van der Waals surface area contributed by atoms with Gasteiger partial charge in [-0.25, -0.2) is 0 Å². The van der Waals surface area contributed by atoms with Crippen molar-refractivity contribution in [3.63, 3.8) is 0 Å². The average Bonchev–Trinajstić information content (AvgIpc) is 2.39. The molecule has 0 fully saturated rings. The Labute approximate surface area is 107 Å². The molecule has 0 aromatic heterocycles. The Morgan fingerprint density at radius 1 is 1.22 bits per heavy atom. The van der Waals surface area contributed by atoms with E-state index in [0.717, 1.165) is 0 Å². The van der Waals surface area contributed by atoms with Crippen molar-refractivity contribution < 1.29 is 19.7 Å². The Hall–Kier alpha value is -1.59. The molecule has 1 unspecified atom stereocenters. The summed E-state index contributed by atoms with van der Waals surface area (Å²) in [4.78, 5) is 13.4. The Morgan fingerprint density at radius 3 is 2.28 bits per heavy atom. The molecule has 1 rings (SSSR count). The van der Waals surface area contributed by atoms with Gasteiger partial charge in [0, 0.05) is 13.1 Å². The molecule has 0 bridgehead atoms. The fraction of sp³-hybridized carbons (Fsp3) is 0.462. The summed E-state index contributed by atoms with van der Waals surface area (Å²) in [6.45, 7) is 1.77. The summed E-state index contributed by atoms with van der Waals surface area (Å²) in [5.41, 5.74) is 0. The number of amides is 1. The number of para-hydroxylation sites is 1. The largest absolute Gasteiger partial charge is 0.481 e. The molecular weight excluding hydrogens is 234 g/mol. The summed E-state index contributed by atoms with van der Waals surface area (Å²) >= 11 is 0. The predicted octanol–water partition coefficient (Wildman–Crippen LogP) is 0.267. The van der Waals surface area contributed by atoms with Gasteiger partial charge in [0.15, 0.2) is 6.10 Å². The van der Waals surface area contributed by atoms with E-state index in [1.165, 1.54) is 4.90 Å². The number of hydrogen-bond donors (Lipinski definition) is 2. The number of ether oxygens (including phenoxy) is 1. The number of hydrogen-bond acceptors (Lipinski definition) is 4. The van der Waals surface area contributed by atoms with Crippen molar-refractivity contribution in [3.05, 3.63) is 30.3 Å². The molecule has 0 heterocycles. The molecule has 0 radical (unpaired) electrons. The van der Waals surface area contributed by atoms with Gasteiger partial charge >= 0.3 is 0 Å². The molecule has 0 aliphatic carbocycles. The first kappa shape index (κ1) is 14.5. The molecule has 0 spiro atoms. The molecule has 2 N–H and O–H groups in total. The van der Waals surface area contributed by atoms with Crippen LogP contribution in [0.15, 0.2) is 30.3 Å². The minimum atomic E-state index is -0.648. The van der Waals surface area contributed by atoms with Crippen LogP contribution in [-0.4, -0.2) is 53.4 Å². The summed E-state index contributed by atoms with van der Waals surface area (Å²) in [5.74, 6) is 0.369. The van der Waals surface area contributed by atoms with E-state index in [0.29, 0.717) is 5.75 Å². The van der Waals surface area contributed by atoms with Gasteiger partial charge in [0.1, 0.15) is 5.75 Å². The van der Waals surface area contributed by atoms with Crippen LogP contribution in [0.25, 0.3) is 0 Å². The zero-order chi connectivity index (χ0) is 13.4. The first-order valence-electron chi connectivity index (χ1n) is 5.91. The molecule has 0 saturated carbocycles. The quantitative estimate of drug-likeness (QED) is 0.731. The predicted molar refractivity (Wildman–Crippen MR) is 67.3 cm³/mol. The lowest BCUT2D eigenvalue weighted by molar-refractivity contribution is -0.139. The van der Waals surface area contributed by atoms with Gasteiger partial charge in [-0.2, -0.15) is 0 Å². The van der Waals surface area contributed by atoms with Crippen molar-refractivity contribution >= 4 is 5.91 Å². The van der Waals surface area contributed by atoms with Crippen molar-refractivity contribution in [3.8, 4) is 5.75 Å². The van der Waals surface area contributed by atoms with Gasteiger partial charge in [-0.3, -0.25) is 4.79 Å². The van der Waals surface area contributed by atoms with Crippen molar-refractivity contribution in [1.82, 2.24) is 4.90 Å². The molecule has 1 amide bonds. The minimum Gasteiger partial charge on any atom is -0.481 e. The number of aliphatic hydroxyl groups is 2. The van der Waals surface area contributed by atoms with E-state index in [2.05, 4.69) is 0 Å². The number of rotatable bonds is 7. The second-order valence-electron chi connectivity index (χ2n) is 3.85.